The van der Waals surface area contributed by atoms with Crippen molar-refractivity contribution in [3.05, 3.63) is 11.1 Å². The second-order valence-electron chi connectivity index (χ2n) is 4.73. The summed E-state index contributed by atoms with van der Waals surface area (Å²) in [4.78, 5) is 8.21. The molecule has 0 aliphatic rings. The molecule has 1 N–H and O–H groups in total. The molecule has 1 heterocycles. The van der Waals surface area contributed by atoms with E-state index in [4.69, 9.17) is 4.74 Å². The van der Waals surface area contributed by atoms with Crippen molar-refractivity contribution in [2.24, 2.45) is 0 Å². The molecule has 0 bridgehead atoms. The number of nitrogens with zero attached hydrogens (tertiary/aromatic N) is 2. The maximum Gasteiger partial charge on any atom is 0.185 e. The Morgan fingerprint density at radius 3 is 2.89 bits per heavy atom. The average Bonchev–Trinajstić information content (AvgIpc) is 2.88. The summed E-state index contributed by atoms with van der Waals surface area (Å²) in [6.45, 7) is 10.3. The van der Waals surface area contributed by atoms with Crippen LogP contribution in [0.3, 0.4) is 0 Å². The maximum absolute atomic E-state index is 5.20. The predicted molar refractivity (Wildman–Crippen MR) is 83.1 cm³/mol. The molecule has 0 fully saturated rings. The van der Waals surface area contributed by atoms with Crippen molar-refractivity contribution in [3.8, 4) is 0 Å². The van der Waals surface area contributed by atoms with Gasteiger partial charge in [0.2, 0.25) is 0 Å². The van der Waals surface area contributed by atoms with Gasteiger partial charge < -0.3 is 15.0 Å². The van der Waals surface area contributed by atoms with Crippen molar-refractivity contribution < 1.29 is 4.74 Å². The zero-order valence-corrected chi connectivity index (χ0v) is 13.4. The number of aromatic nitrogens is 1. The van der Waals surface area contributed by atoms with Crippen LogP contribution in [0, 0.1) is 0 Å². The molecule has 110 valence electrons. The summed E-state index contributed by atoms with van der Waals surface area (Å²) in [5.74, 6) is 0. The van der Waals surface area contributed by atoms with Gasteiger partial charge in [0.1, 0.15) is 0 Å². The SMILES string of the molecule is CCCNCc1cnc(N(CCOC)C(C)CC)s1. The average molecular weight is 285 g/mol. The monoisotopic (exact) mass is 285 g/mol. The molecule has 1 atom stereocenters. The van der Waals surface area contributed by atoms with Crippen molar-refractivity contribution in [2.75, 3.05) is 31.7 Å². The van der Waals surface area contributed by atoms with E-state index in [0.29, 0.717) is 6.04 Å². The highest BCUT2D eigenvalue weighted by Crippen LogP contribution is 2.25. The Hall–Kier alpha value is -0.650. The minimum absolute atomic E-state index is 0.498. The van der Waals surface area contributed by atoms with E-state index in [-0.39, 0.29) is 0 Å². The fraction of sp³-hybridized carbons (Fsp3) is 0.786. The van der Waals surface area contributed by atoms with Crippen molar-refractivity contribution in [3.63, 3.8) is 0 Å². The Morgan fingerprint density at radius 2 is 2.26 bits per heavy atom. The summed E-state index contributed by atoms with van der Waals surface area (Å²) in [7, 11) is 1.75. The van der Waals surface area contributed by atoms with Crippen LogP contribution < -0.4 is 10.2 Å². The van der Waals surface area contributed by atoms with Crippen LogP contribution in [0.1, 0.15) is 38.5 Å². The van der Waals surface area contributed by atoms with E-state index >= 15 is 0 Å². The van der Waals surface area contributed by atoms with Crippen LogP contribution in [0.5, 0.6) is 0 Å². The van der Waals surface area contributed by atoms with Crippen LogP contribution in [-0.2, 0) is 11.3 Å². The van der Waals surface area contributed by atoms with Crippen LogP contribution in [0.15, 0.2) is 6.20 Å². The number of thiazole rings is 1. The van der Waals surface area contributed by atoms with Gasteiger partial charge in [0.05, 0.1) is 6.61 Å². The highest BCUT2D eigenvalue weighted by molar-refractivity contribution is 7.15. The number of rotatable bonds is 10. The van der Waals surface area contributed by atoms with Crippen molar-refractivity contribution in [1.29, 1.82) is 0 Å². The normalized spacial score (nSPS) is 12.6. The molecular weight excluding hydrogens is 258 g/mol. The van der Waals surface area contributed by atoms with Gasteiger partial charge >= 0.3 is 0 Å². The predicted octanol–water partition coefficient (Wildman–Crippen LogP) is 2.89. The third-order valence-corrected chi connectivity index (χ3v) is 4.21. The lowest BCUT2D eigenvalue weighted by Gasteiger charge is -2.27. The van der Waals surface area contributed by atoms with Gasteiger partial charge in [-0.3, -0.25) is 0 Å². The first-order chi connectivity index (χ1) is 9.22. The first-order valence-corrected chi connectivity index (χ1v) is 7.95. The van der Waals surface area contributed by atoms with E-state index in [1.165, 1.54) is 11.3 Å². The van der Waals surface area contributed by atoms with E-state index in [1.54, 1.807) is 18.4 Å². The molecule has 0 amide bonds. The molecule has 0 aliphatic heterocycles. The van der Waals surface area contributed by atoms with Gasteiger partial charge in [-0.1, -0.05) is 13.8 Å². The van der Waals surface area contributed by atoms with E-state index < -0.39 is 0 Å². The Morgan fingerprint density at radius 1 is 1.47 bits per heavy atom. The molecule has 4 nitrogen and oxygen atoms in total. The maximum atomic E-state index is 5.20. The summed E-state index contributed by atoms with van der Waals surface area (Å²) >= 11 is 1.78. The van der Waals surface area contributed by atoms with Crippen LogP contribution in [0.2, 0.25) is 0 Å². The van der Waals surface area contributed by atoms with E-state index in [9.17, 15) is 0 Å². The smallest absolute Gasteiger partial charge is 0.185 e. The standard InChI is InChI=1S/C14H27N3OS/c1-5-7-15-10-13-11-16-14(19-13)17(8-9-18-4)12(3)6-2/h11-12,15H,5-10H2,1-4H3. The van der Waals surface area contributed by atoms with E-state index in [0.717, 1.165) is 37.8 Å². The first kappa shape index (κ1) is 16.4. The second-order valence-corrected chi connectivity index (χ2v) is 5.82. The quantitative estimate of drug-likeness (QED) is 0.671. The molecule has 0 aliphatic carbocycles. The molecule has 19 heavy (non-hydrogen) atoms. The molecule has 1 aromatic rings. The minimum atomic E-state index is 0.498. The Labute approximate surface area is 121 Å². The topological polar surface area (TPSA) is 37.4 Å². The summed E-state index contributed by atoms with van der Waals surface area (Å²) in [5.41, 5.74) is 0. The number of hydrogen-bond acceptors (Lipinski definition) is 5. The number of hydrogen-bond donors (Lipinski definition) is 1. The molecule has 0 radical (unpaired) electrons. The molecule has 0 saturated heterocycles. The van der Waals surface area contributed by atoms with Gasteiger partial charge in [0.15, 0.2) is 5.13 Å². The zero-order valence-electron chi connectivity index (χ0n) is 12.6. The van der Waals surface area contributed by atoms with Crippen LogP contribution >= 0.6 is 11.3 Å². The number of methoxy groups -OCH3 is 1. The fourth-order valence-corrected chi connectivity index (χ4v) is 2.82. The van der Waals surface area contributed by atoms with E-state index in [1.807, 2.05) is 6.20 Å². The van der Waals surface area contributed by atoms with Gasteiger partial charge in [-0.05, 0) is 26.3 Å². The Bertz CT molecular complexity index is 343. The van der Waals surface area contributed by atoms with Crippen LogP contribution in [0.4, 0.5) is 5.13 Å². The first-order valence-electron chi connectivity index (χ1n) is 7.13. The Kier molecular flexibility index (Phi) is 8.02. The molecular formula is C14H27N3OS. The number of ether oxygens (including phenoxy) is 1. The van der Waals surface area contributed by atoms with Gasteiger partial charge in [-0.15, -0.1) is 11.3 Å². The third kappa shape index (κ3) is 5.47. The van der Waals surface area contributed by atoms with Crippen molar-refractivity contribution >= 4 is 16.5 Å². The summed E-state index contributed by atoms with van der Waals surface area (Å²) in [5, 5.41) is 4.53. The highest BCUT2D eigenvalue weighted by atomic mass is 32.1. The summed E-state index contributed by atoms with van der Waals surface area (Å²) in [6, 6.07) is 0.498. The second kappa shape index (κ2) is 9.28. The zero-order chi connectivity index (χ0) is 14.1. The van der Waals surface area contributed by atoms with E-state index in [2.05, 4.69) is 36.0 Å². The Balaban J connectivity index is 2.62. The lowest BCUT2D eigenvalue weighted by molar-refractivity contribution is 0.203. The molecule has 0 spiro atoms. The lowest BCUT2D eigenvalue weighted by atomic mass is 10.2. The van der Waals surface area contributed by atoms with Gasteiger partial charge in [-0.25, -0.2) is 4.98 Å². The minimum Gasteiger partial charge on any atom is -0.383 e. The molecule has 5 heteroatoms. The van der Waals surface area contributed by atoms with Crippen LogP contribution in [-0.4, -0.2) is 37.8 Å². The molecule has 1 unspecified atom stereocenters. The molecule has 0 saturated carbocycles. The molecule has 1 aromatic heterocycles. The molecule has 1 rings (SSSR count). The van der Waals surface area contributed by atoms with Gasteiger partial charge in [0, 0.05) is 37.3 Å². The fourth-order valence-electron chi connectivity index (χ4n) is 1.81. The number of anilines is 1. The van der Waals surface area contributed by atoms with Gasteiger partial charge in [0.25, 0.3) is 0 Å². The summed E-state index contributed by atoms with van der Waals surface area (Å²) < 4.78 is 5.20. The lowest BCUT2D eigenvalue weighted by Crippen LogP contribution is -2.35. The van der Waals surface area contributed by atoms with Gasteiger partial charge in [-0.2, -0.15) is 0 Å². The molecule has 0 aromatic carbocycles. The summed E-state index contributed by atoms with van der Waals surface area (Å²) in [6.07, 6.45) is 4.27. The largest absolute Gasteiger partial charge is 0.383 e. The van der Waals surface area contributed by atoms with Crippen LogP contribution in [0.25, 0.3) is 0 Å². The van der Waals surface area contributed by atoms with Crippen molar-refractivity contribution in [1.82, 2.24) is 10.3 Å². The van der Waals surface area contributed by atoms with Crippen molar-refractivity contribution in [2.45, 2.75) is 46.2 Å². The number of nitrogens with one attached hydrogen (secondary N) is 1. The third-order valence-electron chi connectivity index (χ3n) is 3.17. The highest BCUT2D eigenvalue weighted by Gasteiger charge is 2.16.